The Balaban J connectivity index is 1.56. The van der Waals surface area contributed by atoms with Crippen LogP contribution in [0, 0.1) is 0 Å². The molecular weight excluding hydrogens is 350 g/mol. The zero-order valence-electron chi connectivity index (χ0n) is 15.5. The molecule has 27 heavy (non-hydrogen) atoms. The fraction of sp³-hybridized carbons (Fsp3) is 0.421. The molecule has 0 aromatic heterocycles. The van der Waals surface area contributed by atoms with E-state index in [-0.39, 0.29) is 18.9 Å². The molecule has 0 saturated carbocycles. The van der Waals surface area contributed by atoms with Crippen molar-refractivity contribution in [2.45, 2.75) is 19.3 Å². The van der Waals surface area contributed by atoms with Crippen LogP contribution in [0.3, 0.4) is 0 Å². The summed E-state index contributed by atoms with van der Waals surface area (Å²) in [5, 5.41) is 5.72. The fourth-order valence-electron chi connectivity index (χ4n) is 3.19. The molecule has 8 nitrogen and oxygen atoms in total. The van der Waals surface area contributed by atoms with E-state index in [2.05, 4.69) is 10.6 Å². The van der Waals surface area contributed by atoms with Crippen LogP contribution >= 0.6 is 0 Å². The Morgan fingerprint density at radius 3 is 2.26 bits per heavy atom. The topological polar surface area (TPSA) is 97.0 Å². The molecule has 1 fully saturated rings. The largest absolute Gasteiger partial charge is 0.497 e. The number of ether oxygens (including phenoxy) is 2. The van der Waals surface area contributed by atoms with Gasteiger partial charge in [-0.15, -0.1) is 0 Å². The number of anilines is 3. The average Bonchev–Trinajstić information content (AvgIpc) is 3.20. The Kier molecular flexibility index (Phi) is 5.63. The van der Waals surface area contributed by atoms with Crippen LogP contribution in [0.25, 0.3) is 0 Å². The van der Waals surface area contributed by atoms with Crippen molar-refractivity contribution in [3.8, 4) is 11.5 Å². The normalized spacial score (nSPS) is 13.6. The number of carbonyl (C=O) groups is 1. The molecule has 1 aliphatic rings. The van der Waals surface area contributed by atoms with Gasteiger partial charge in [0.25, 0.3) is 10.9 Å². The minimum Gasteiger partial charge on any atom is -0.497 e. The lowest BCUT2D eigenvalue weighted by Gasteiger charge is -2.22. The summed E-state index contributed by atoms with van der Waals surface area (Å²) in [4.78, 5) is 37.7. The molecule has 2 aromatic rings. The van der Waals surface area contributed by atoms with Crippen LogP contribution in [0.15, 0.2) is 27.8 Å². The molecule has 8 heteroatoms. The Bertz CT molecular complexity index is 873. The standard InChI is InChI=1S/C19H23N3O5/c1-26-13-9-12(10-14(11-13)27-2)21-15(23)5-6-20-16-17(19(25)18(16)24)22-7-3-4-8-22/h9-11,20H,3-8H2,1-2H3,(H,21,23). The van der Waals surface area contributed by atoms with E-state index >= 15 is 0 Å². The van der Waals surface area contributed by atoms with Crippen LogP contribution in [-0.2, 0) is 4.79 Å². The lowest BCUT2D eigenvalue weighted by molar-refractivity contribution is -0.115. The van der Waals surface area contributed by atoms with Gasteiger partial charge in [-0.05, 0) is 12.8 Å². The molecule has 144 valence electrons. The molecule has 0 spiro atoms. The maximum atomic E-state index is 12.2. The lowest BCUT2D eigenvalue weighted by atomic mass is 10.1. The van der Waals surface area contributed by atoms with Crippen molar-refractivity contribution in [2.75, 3.05) is 49.4 Å². The first-order valence-corrected chi connectivity index (χ1v) is 8.88. The third kappa shape index (κ3) is 4.05. The highest BCUT2D eigenvalue weighted by atomic mass is 16.5. The number of benzene rings is 1. The molecule has 3 rings (SSSR count). The molecular formula is C19H23N3O5. The number of nitrogens with zero attached hydrogens (tertiary/aromatic N) is 1. The highest BCUT2D eigenvalue weighted by Gasteiger charge is 2.27. The zero-order valence-corrected chi connectivity index (χ0v) is 15.5. The van der Waals surface area contributed by atoms with Crippen LogP contribution in [-0.4, -0.2) is 39.8 Å². The minimum atomic E-state index is -0.505. The van der Waals surface area contributed by atoms with Gasteiger partial charge in [0.2, 0.25) is 5.91 Å². The van der Waals surface area contributed by atoms with Gasteiger partial charge in [0, 0.05) is 49.9 Å². The first-order chi connectivity index (χ1) is 13.0. The number of nitrogens with one attached hydrogen (secondary N) is 2. The minimum absolute atomic E-state index is 0.151. The van der Waals surface area contributed by atoms with E-state index in [1.807, 2.05) is 4.90 Å². The summed E-state index contributed by atoms with van der Waals surface area (Å²) in [5.41, 5.74) is 0.415. The Labute approximate surface area is 156 Å². The van der Waals surface area contributed by atoms with Gasteiger partial charge in [-0.1, -0.05) is 0 Å². The second-order valence-corrected chi connectivity index (χ2v) is 6.40. The number of hydrogen-bond acceptors (Lipinski definition) is 7. The third-order valence-corrected chi connectivity index (χ3v) is 4.60. The van der Waals surface area contributed by atoms with Gasteiger partial charge >= 0.3 is 0 Å². The molecule has 0 atom stereocenters. The quantitative estimate of drug-likeness (QED) is 0.674. The van der Waals surface area contributed by atoms with Gasteiger partial charge in [0.05, 0.1) is 14.2 Å². The summed E-state index contributed by atoms with van der Waals surface area (Å²) in [6.45, 7) is 1.84. The van der Waals surface area contributed by atoms with Crippen LogP contribution in [0.1, 0.15) is 19.3 Å². The summed E-state index contributed by atoms with van der Waals surface area (Å²) in [5.74, 6) is 0.919. The van der Waals surface area contributed by atoms with Gasteiger partial charge in [-0.25, -0.2) is 0 Å². The van der Waals surface area contributed by atoms with Crippen molar-refractivity contribution in [1.29, 1.82) is 0 Å². The molecule has 1 aliphatic heterocycles. The maximum Gasteiger partial charge on any atom is 0.253 e. The summed E-state index contributed by atoms with van der Waals surface area (Å²) in [6.07, 6.45) is 2.19. The van der Waals surface area contributed by atoms with E-state index < -0.39 is 10.9 Å². The molecule has 1 saturated heterocycles. The molecule has 2 N–H and O–H groups in total. The summed E-state index contributed by atoms with van der Waals surface area (Å²) in [6, 6.07) is 5.09. The zero-order chi connectivity index (χ0) is 19.4. The predicted molar refractivity (Wildman–Crippen MR) is 104 cm³/mol. The van der Waals surface area contributed by atoms with Gasteiger partial charge in [0.15, 0.2) is 0 Å². The summed E-state index contributed by atoms with van der Waals surface area (Å²) >= 11 is 0. The number of carbonyl (C=O) groups excluding carboxylic acids is 1. The smallest absolute Gasteiger partial charge is 0.253 e. The van der Waals surface area contributed by atoms with Crippen molar-refractivity contribution in [3.05, 3.63) is 38.6 Å². The van der Waals surface area contributed by atoms with E-state index in [0.29, 0.717) is 28.6 Å². The van der Waals surface area contributed by atoms with Gasteiger partial charge < -0.3 is 25.0 Å². The Hall–Kier alpha value is -3.03. The molecule has 2 aromatic carbocycles. The van der Waals surface area contributed by atoms with Crippen LogP contribution in [0.2, 0.25) is 0 Å². The predicted octanol–water partition coefficient (Wildman–Crippen LogP) is 1.34. The van der Waals surface area contributed by atoms with Crippen LogP contribution in [0.4, 0.5) is 17.1 Å². The monoisotopic (exact) mass is 373 g/mol. The summed E-state index contributed by atoms with van der Waals surface area (Å²) < 4.78 is 10.3. The Morgan fingerprint density at radius 1 is 1.04 bits per heavy atom. The van der Waals surface area contributed by atoms with Crippen LogP contribution < -0.4 is 35.9 Å². The molecule has 0 unspecified atom stereocenters. The van der Waals surface area contributed by atoms with Crippen molar-refractivity contribution < 1.29 is 14.3 Å². The van der Waals surface area contributed by atoms with Crippen LogP contribution in [0.5, 0.6) is 11.5 Å². The van der Waals surface area contributed by atoms with Gasteiger partial charge in [-0.3, -0.25) is 14.4 Å². The van der Waals surface area contributed by atoms with Gasteiger partial charge in [0.1, 0.15) is 22.9 Å². The number of amides is 1. The van der Waals surface area contributed by atoms with E-state index in [0.717, 1.165) is 25.9 Å². The van der Waals surface area contributed by atoms with E-state index in [9.17, 15) is 14.4 Å². The first kappa shape index (κ1) is 18.8. The highest BCUT2D eigenvalue weighted by molar-refractivity contribution is 5.91. The van der Waals surface area contributed by atoms with Crippen molar-refractivity contribution in [2.24, 2.45) is 0 Å². The average molecular weight is 373 g/mol. The van der Waals surface area contributed by atoms with Gasteiger partial charge in [-0.2, -0.15) is 0 Å². The molecule has 0 aliphatic carbocycles. The van der Waals surface area contributed by atoms with Crippen molar-refractivity contribution in [3.63, 3.8) is 0 Å². The lowest BCUT2D eigenvalue weighted by Crippen LogP contribution is -2.42. The van der Waals surface area contributed by atoms with E-state index in [4.69, 9.17) is 9.47 Å². The number of rotatable bonds is 8. The number of hydrogen-bond donors (Lipinski definition) is 2. The second kappa shape index (κ2) is 8.11. The Morgan fingerprint density at radius 2 is 1.67 bits per heavy atom. The number of methoxy groups -OCH3 is 2. The second-order valence-electron chi connectivity index (χ2n) is 6.40. The SMILES string of the molecule is COc1cc(NC(=O)CCNc2c(N3CCCC3)c(=O)c2=O)cc(OC)c1. The summed E-state index contributed by atoms with van der Waals surface area (Å²) in [7, 11) is 3.07. The highest BCUT2D eigenvalue weighted by Crippen LogP contribution is 2.26. The third-order valence-electron chi connectivity index (χ3n) is 4.60. The molecule has 0 bridgehead atoms. The molecule has 1 heterocycles. The maximum absolute atomic E-state index is 12.2. The molecule has 0 radical (unpaired) electrons. The van der Waals surface area contributed by atoms with E-state index in [1.165, 1.54) is 14.2 Å². The fourth-order valence-corrected chi connectivity index (χ4v) is 3.19. The van der Waals surface area contributed by atoms with E-state index in [1.54, 1.807) is 18.2 Å². The van der Waals surface area contributed by atoms with Crippen molar-refractivity contribution >= 4 is 23.0 Å². The van der Waals surface area contributed by atoms with Crippen molar-refractivity contribution in [1.82, 2.24) is 0 Å². The molecule has 1 amide bonds. The first-order valence-electron chi connectivity index (χ1n) is 8.88.